The lowest BCUT2D eigenvalue weighted by atomic mass is 10.1. The Bertz CT molecular complexity index is 619. The van der Waals surface area contributed by atoms with Crippen molar-refractivity contribution in [2.75, 3.05) is 0 Å². The normalized spacial score (nSPS) is 11.6. The van der Waals surface area contributed by atoms with E-state index in [0.717, 1.165) is 27.6 Å². The van der Waals surface area contributed by atoms with Gasteiger partial charge >= 0.3 is 0 Å². The Balaban J connectivity index is 2.64. The predicted octanol–water partition coefficient (Wildman–Crippen LogP) is 3.19. The maximum absolute atomic E-state index is 5.47. The Morgan fingerprint density at radius 3 is 3.00 bits per heavy atom. The highest BCUT2D eigenvalue weighted by Gasteiger charge is 2.10. The van der Waals surface area contributed by atoms with Crippen LogP contribution in [-0.4, -0.2) is 4.98 Å². The number of furan rings is 1. The lowest BCUT2D eigenvalue weighted by Gasteiger charge is -1.93. The molecule has 0 spiro atoms. The molecular weight excluding hydrogens is 178 g/mol. The van der Waals surface area contributed by atoms with Crippen LogP contribution in [0.15, 0.2) is 27.2 Å². The number of rotatable bonds is 0. The van der Waals surface area contributed by atoms with Crippen molar-refractivity contribution < 1.29 is 8.83 Å². The molecule has 0 saturated carbocycles. The van der Waals surface area contributed by atoms with E-state index in [9.17, 15) is 0 Å². The largest absolute Gasteiger partial charge is 0.464 e. The summed E-state index contributed by atoms with van der Waals surface area (Å²) in [5.74, 6) is 0.688. The summed E-state index contributed by atoms with van der Waals surface area (Å²) < 4.78 is 10.9. The number of hydrogen-bond donors (Lipinski definition) is 0. The minimum atomic E-state index is 0.688. The molecule has 3 aromatic rings. The van der Waals surface area contributed by atoms with Crippen LogP contribution in [0.25, 0.3) is 22.1 Å². The number of hydrogen-bond acceptors (Lipinski definition) is 3. The average Bonchev–Trinajstić information content (AvgIpc) is 2.69. The Morgan fingerprint density at radius 1 is 1.29 bits per heavy atom. The molecule has 0 radical (unpaired) electrons. The lowest BCUT2D eigenvalue weighted by Crippen LogP contribution is -1.75. The molecule has 0 unspecified atom stereocenters. The van der Waals surface area contributed by atoms with E-state index in [1.54, 1.807) is 6.26 Å². The van der Waals surface area contributed by atoms with E-state index >= 15 is 0 Å². The standard InChI is InChI=1S/C11H9NO2/c1-6-5-9-10(12-7(2)14-9)8-3-4-13-11(6)8/h3-5H,1-2H3. The molecule has 2 heterocycles. The topological polar surface area (TPSA) is 39.2 Å². The molecule has 1 aromatic carbocycles. The smallest absolute Gasteiger partial charge is 0.192 e. The van der Waals surface area contributed by atoms with Crippen LogP contribution in [-0.2, 0) is 0 Å². The van der Waals surface area contributed by atoms with Gasteiger partial charge in [0.15, 0.2) is 11.5 Å². The van der Waals surface area contributed by atoms with E-state index < -0.39 is 0 Å². The highest BCUT2D eigenvalue weighted by atomic mass is 16.3. The lowest BCUT2D eigenvalue weighted by molar-refractivity contribution is 0.560. The summed E-state index contributed by atoms with van der Waals surface area (Å²) in [5, 5.41) is 1.02. The number of oxazole rings is 1. The molecule has 0 bridgehead atoms. The van der Waals surface area contributed by atoms with Gasteiger partial charge in [-0.25, -0.2) is 4.98 Å². The monoisotopic (exact) mass is 187 g/mol. The van der Waals surface area contributed by atoms with Gasteiger partial charge < -0.3 is 8.83 Å². The van der Waals surface area contributed by atoms with Crippen molar-refractivity contribution in [3.8, 4) is 0 Å². The summed E-state index contributed by atoms with van der Waals surface area (Å²) in [4.78, 5) is 4.33. The number of benzene rings is 1. The van der Waals surface area contributed by atoms with Crippen molar-refractivity contribution in [1.82, 2.24) is 4.98 Å². The SMILES string of the molecule is Cc1nc2c(cc(C)c3occc32)o1. The molecule has 0 amide bonds. The molecule has 70 valence electrons. The van der Waals surface area contributed by atoms with E-state index in [-0.39, 0.29) is 0 Å². The van der Waals surface area contributed by atoms with E-state index in [4.69, 9.17) is 8.83 Å². The van der Waals surface area contributed by atoms with Gasteiger partial charge in [0.25, 0.3) is 0 Å². The molecule has 0 saturated heterocycles. The zero-order chi connectivity index (χ0) is 9.71. The second-order valence-electron chi connectivity index (χ2n) is 3.44. The summed E-state index contributed by atoms with van der Waals surface area (Å²) in [5.41, 5.74) is 3.69. The maximum Gasteiger partial charge on any atom is 0.192 e. The molecule has 3 rings (SSSR count). The van der Waals surface area contributed by atoms with Crippen LogP contribution < -0.4 is 0 Å². The third-order valence-corrected chi connectivity index (χ3v) is 2.39. The fourth-order valence-electron chi connectivity index (χ4n) is 1.80. The first-order valence-electron chi connectivity index (χ1n) is 4.49. The third kappa shape index (κ3) is 0.839. The Kier molecular flexibility index (Phi) is 1.29. The molecular formula is C11H9NO2. The Hall–Kier alpha value is -1.77. The van der Waals surface area contributed by atoms with Gasteiger partial charge in [-0.2, -0.15) is 0 Å². The van der Waals surface area contributed by atoms with Crippen molar-refractivity contribution in [3.63, 3.8) is 0 Å². The van der Waals surface area contributed by atoms with Crippen molar-refractivity contribution in [2.45, 2.75) is 13.8 Å². The quantitative estimate of drug-likeness (QED) is 0.542. The summed E-state index contributed by atoms with van der Waals surface area (Å²) in [6.45, 7) is 3.85. The van der Waals surface area contributed by atoms with Gasteiger partial charge in [0.1, 0.15) is 11.1 Å². The molecule has 2 aromatic heterocycles. The van der Waals surface area contributed by atoms with Gasteiger partial charge in [-0.15, -0.1) is 0 Å². The zero-order valence-electron chi connectivity index (χ0n) is 8.00. The van der Waals surface area contributed by atoms with Crippen LogP contribution in [0.4, 0.5) is 0 Å². The van der Waals surface area contributed by atoms with Crippen molar-refractivity contribution in [3.05, 3.63) is 29.9 Å². The van der Waals surface area contributed by atoms with E-state index in [0.29, 0.717) is 5.89 Å². The van der Waals surface area contributed by atoms with Gasteiger partial charge in [-0.1, -0.05) is 0 Å². The fraction of sp³-hybridized carbons (Fsp3) is 0.182. The molecule has 0 aliphatic heterocycles. The number of fused-ring (bicyclic) bond motifs is 3. The molecule has 0 atom stereocenters. The van der Waals surface area contributed by atoms with Gasteiger partial charge in [0.05, 0.1) is 11.6 Å². The van der Waals surface area contributed by atoms with Crippen molar-refractivity contribution in [1.29, 1.82) is 0 Å². The van der Waals surface area contributed by atoms with E-state index in [1.165, 1.54) is 0 Å². The van der Waals surface area contributed by atoms with E-state index in [1.807, 2.05) is 26.0 Å². The molecule has 3 nitrogen and oxygen atoms in total. The van der Waals surface area contributed by atoms with Crippen LogP contribution in [0.5, 0.6) is 0 Å². The number of nitrogens with zero attached hydrogens (tertiary/aromatic N) is 1. The van der Waals surface area contributed by atoms with Crippen molar-refractivity contribution in [2.24, 2.45) is 0 Å². The Morgan fingerprint density at radius 2 is 2.14 bits per heavy atom. The first-order chi connectivity index (χ1) is 6.75. The minimum absolute atomic E-state index is 0.688. The molecule has 0 aliphatic carbocycles. The first kappa shape index (κ1) is 7.62. The highest BCUT2D eigenvalue weighted by Crippen LogP contribution is 2.28. The fourth-order valence-corrected chi connectivity index (χ4v) is 1.80. The van der Waals surface area contributed by atoms with Crippen LogP contribution in [0.3, 0.4) is 0 Å². The first-order valence-corrected chi connectivity index (χ1v) is 4.49. The minimum Gasteiger partial charge on any atom is -0.464 e. The zero-order valence-corrected chi connectivity index (χ0v) is 8.00. The maximum atomic E-state index is 5.47. The van der Waals surface area contributed by atoms with Crippen molar-refractivity contribution >= 4 is 22.1 Å². The van der Waals surface area contributed by atoms with Crippen LogP contribution in [0.1, 0.15) is 11.5 Å². The van der Waals surface area contributed by atoms with Crippen LogP contribution in [0, 0.1) is 13.8 Å². The summed E-state index contributed by atoms with van der Waals surface area (Å²) in [6, 6.07) is 3.88. The third-order valence-electron chi connectivity index (χ3n) is 2.39. The van der Waals surface area contributed by atoms with Gasteiger partial charge in [-0.05, 0) is 24.6 Å². The molecule has 3 heteroatoms. The van der Waals surface area contributed by atoms with Gasteiger partial charge in [-0.3, -0.25) is 0 Å². The van der Waals surface area contributed by atoms with Gasteiger partial charge in [0, 0.05) is 6.92 Å². The summed E-state index contributed by atoms with van der Waals surface area (Å²) in [6.07, 6.45) is 1.68. The summed E-state index contributed by atoms with van der Waals surface area (Å²) in [7, 11) is 0. The van der Waals surface area contributed by atoms with Crippen LogP contribution in [0.2, 0.25) is 0 Å². The molecule has 0 fully saturated rings. The molecule has 14 heavy (non-hydrogen) atoms. The summed E-state index contributed by atoms with van der Waals surface area (Å²) >= 11 is 0. The number of aromatic nitrogens is 1. The second-order valence-corrected chi connectivity index (χ2v) is 3.44. The highest BCUT2D eigenvalue weighted by molar-refractivity contribution is 6.02. The predicted molar refractivity (Wildman–Crippen MR) is 53.3 cm³/mol. The van der Waals surface area contributed by atoms with Crippen LogP contribution >= 0.6 is 0 Å². The van der Waals surface area contributed by atoms with E-state index in [2.05, 4.69) is 4.98 Å². The molecule has 0 N–H and O–H groups in total. The molecule has 0 aliphatic rings. The average molecular weight is 187 g/mol. The van der Waals surface area contributed by atoms with Gasteiger partial charge in [0.2, 0.25) is 0 Å². The second kappa shape index (κ2) is 2.38. The Labute approximate surface area is 80.3 Å². The number of aryl methyl sites for hydroxylation is 2.